The van der Waals surface area contributed by atoms with Gasteiger partial charge in [-0.3, -0.25) is 4.79 Å². The molecular weight excluding hydrogens is 260 g/mol. The fraction of sp³-hybridized carbons (Fsp3) is 0.700. The molecule has 1 aromatic heterocycles. The first kappa shape index (κ1) is 16.3. The van der Waals surface area contributed by atoms with E-state index < -0.39 is 0 Å². The van der Waals surface area contributed by atoms with Gasteiger partial charge in [0.15, 0.2) is 0 Å². The Kier molecular flexibility index (Phi) is 8.03. The molecule has 0 saturated heterocycles. The molecule has 0 fully saturated rings. The second-order valence-corrected chi connectivity index (χ2v) is 4.86. The van der Waals surface area contributed by atoms with E-state index in [2.05, 4.69) is 34.7 Å². The normalized spacial score (nSPS) is 10.1. The van der Waals surface area contributed by atoms with Crippen LogP contribution in [0.15, 0.2) is 0 Å². The van der Waals surface area contributed by atoms with Crippen LogP contribution < -0.4 is 10.6 Å². The average Bonchev–Trinajstić information content (AvgIpc) is 2.66. The Morgan fingerprint density at radius 2 is 2.12 bits per heavy atom. The van der Waals surface area contributed by atoms with Crippen molar-refractivity contribution < 1.29 is 4.79 Å². The summed E-state index contributed by atoms with van der Waals surface area (Å²) in [7, 11) is 1.87. The Morgan fingerprint density at radius 1 is 1.41 bits per heavy atom. The molecule has 2 N–H and O–H groups in total. The maximum absolute atomic E-state index is 11.5. The van der Waals surface area contributed by atoms with Crippen LogP contribution in [0, 0.1) is 0 Å². The molecule has 1 amide bonds. The molecule has 0 radical (unpaired) electrons. The summed E-state index contributed by atoms with van der Waals surface area (Å²) in [4.78, 5) is 11.5. The quantitative estimate of drug-likeness (QED) is 0.782. The summed E-state index contributed by atoms with van der Waals surface area (Å²) in [5, 5.41) is 15.2. The number of amides is 1. The second-order valence-electron chi connectivity index (χ2n) is 3.86. The van der Waals surface area contributed by atoms with Crippen LogP contribution in [0.1, 0.15) is 37.6 Å². The van der Waals surface area contributed by atoms with E-state index in [1.54, 1.807) is 0 Å². The number of aromatic nitrogens is 2. The predicted molar refractivity (Wildman–Crippen MR) is 73.0 cm³/mol. The highest BCUT2D eigenvalue weighted by atomic mass is 35.5. The number of nitrogens with one attached hydrogen (secondary N) is 2. The molecule has 1 rings (SSSR count). The largest absolute Gasteiger partial charge is 0.320 e. The van der Waals surface area contributed by atoms with E-state index in [0.29, 0.717) is 17.5 Å². The first-order valence-electron chi connectivity index (χ1n) is 5.41. The van der Waals surface area contributed by atoms with E-state index in [1.807, 2.05) is 7.05 Å². The lowest BCUT2D eigenvalue weighted by Gasteiger charge is -2.00. The van der Waals surface area contributed by atoms with Gasteiger partial charge in [0.25, 0.3) is 0 Å². The molecule has 98 valence electrons. The lowest BCUT2D eigenvalue weighted by atomic mass is 10.2. The van der Waals surface area contributed by atoms with Gasteiger partial charge >= 0.3 is 0 Å². The van der Waals surface area contributed by atoms with Crippen molar-refractivity contribution in [3.8, 4) is 0 Å². The van der Waals surface area contributed by atoms with E-state index in [4.69, 9.17) is 0 Å². The maximum Gasteiger partial charge on any atom is 0.226 e. The summed E-state index contributed by atoms with van der Waals surface area (Å²) in [5.74, 6) is 0.356. The summed E-state index contributed by atoms with van der Waals surface area (Å²) in [6.07, 6.45) is 1.34. The molecule has 1 aromatic rings. The van der Waals surface area contributed by atoms with Gasteiger partial charge < -0.3 is 10.6 Å². The van der Waals surface area contributed by atoms with Crippen LogP contribution in [0.2, 0.25) is 0 Å². The minimum Gasteiger partial charge on any atom is -0.320 e. The molecule has 0 bridgehead atoms. The van der Waals surface area contributed by atoms with Crippen LogP contribution in [0.3, 0.4) is 0 Å². The molecule has 0 atom stereocenters. The molecule has 0 aliphatic heterocycles. The third-order valence-corrected chi connectivity index (χ3v) is 3.15. The highest BCUT2D eigenvalue weighted by Gasteiger charge is 2.09. The smallest absolute Gasteiger partial charge is 0.226 e. The summed E-state index contributed by atoms with van der Waals surface area (Å²) in [6, 6.07) is 0. The summed E-state index contributed by atoms with van der Waals surface area (Å²) < 4.78 is 0. The van der Waals surface area contributed by atoms with Gasteiger partial charge in [0, 0.05) is 12.3 Å². The number of rotatable bonds is 6. The molecule has 0 aliphatic carbocycles. The van der Waals surface area contributed by atoms with Crippen LogP contribution >= 0.6 is 23.7 Å². The SMILES string of the molecule is CNCCCC(=O)Nc1nnc(C(C)C)s1.Cl. The maximum atomic E-state index is 11.5. The van der Waals surface area contributed by atoms with Crippen molar-refractivity contribution >= 4 is 34.8 Å². The van der Waals surface area contributed by atoms with Crippen LogP contribution in [-0.2, 0) is 4.79 Å². The Bertz CT molecular complexity index is 343. The third kappa shape index (κ3) is 5.95. The number of hydrogen-bond acceptors (Lipinski definition) is 5. The number of halogens is 1. The number of nitrogens with zero attached hydrogens (tertiary/aromatic N) is 2. The average molecular weight is 279 g/mol. The fourth-order valence-electron chi connectivity index (χ4n) is 1.13. The monoisotopic (exact) mass is 278 g/mol. The first-order chi connectivity index (χ1) is 7.63. The summed E-state index contributed by atoms with van der Waals surface area (Å²) in [5.41, 5.74) is 0. The molecule has 0 saturated carbocycles. The van der Waals surface area contributed by atoms with E-state index in [9.17, 15) is 4.79 Å². The molecular formula is C10H19ClN4OS. The molecule has 0 aliphatic rings. The zero-order valence-corrected chi connectivity index (χ0v) is 12.0. The topological polar surface area (TPSA) is 66.9 Å². The fourth-order valence-corrected chi connectivity index (χ4v) is 1.89. The Labute approximate surface area is 112 Å². The number of anilines is 1. The van der Waals surface area contributed by atoms with Gasteiger partial charge in [-0.2, -0.15) is 0 Å². The Balaban J connectivity index is 0.00000256. The zero-order valence-electron chi connectivity index (χ0n) is 10.3. The first-order valence-corrected chi connectivity index (χ1v) is 6.23. The molecule has 17 heavy (non-hydrogen) atoms. The lowest BCUT2D eigenvalue weighted by molar-refractivity contribution is -0.116. The highest BCUT2D eigenvalue weighted by molar-refractivity contribution is 7.15. The van der Waals surface area contributed by atoms with Gasteiger partial charge in [-0.1, -0.05) is 25.2 Å². The van der Waals surface area contributed by atoms with Crippen molar-refractivity contribution in [2.45, 2.75) is 32.6 Å². The standard InChI is InChI=1S/C10H18N4OS.ClH/c1-7(2)9-13-14-10(16-9)12-8(15)5-4-6-11-3;/h7,11H,4-6H2,1-3H3,(H,12,14,15);1H. The predicted octanol–water partition coefficient (Wildman–Crippen LogP) is 2.02. The van der Waals surface area contributed by atoms with Crippen molar-refractivity contribution in [3.05, 3.63) is 5.01 Å². The third-order valence-electron chi connectivity index (χ3n) is 2.01. The Hall–Kier alpha value is -0.720. The van der Waals surface area contributed by atoms with Crippen LogP contribution in [0.25, 0.3) is 0 Å². The molecule has 1 heterocycles. The van der Waals surface area contributed by atoms with Gasteiger partial charge in [-0.25, -0.2) is 0 Å². The van der Waals surface area contributed by atoms with Crippen LogP contribution in [0.5, 0.6) is 0 Å². The number of hydrogen-bond donors (Lipinski definition) is 2. The molecule has 5 nitrogen and oxygen atoms in total. The second kappa shape index (κ2) is 8.38. The van der Waals surface area contributed by atoms with Crippen molar-refractivity contribution in [1.82, 2.24) is 15.5 Å². The van der Waals surface area contributed by atoms with Crippen LogP contribution in [-0.4, -0.2) is 29.7 Å². The van der Waals surface area contributed by atoms with Crippen LogP contribution in [0.4, 0.5) is 5.13 Å². The van der Waals surface area contributed by atoms with Gasteiger partial charge in [-0.05, 0) is 20.0 Å². The van der Waals surface area contributed by atoms with Gasteiger partial charge in [0.2, 0.25) is 11.0 Å². The number of carbonyl (C=O) groups excluding carboxylic acids is 1. The molecule has 0 aromatic carbocycles. The minimum atomic E-state index is 0. The summed E-state index contributed by atoms with van der Waals surface area (Å²) >= 11 is 1.44. The highest BCUT2D eigenvalue weighted by Crippen LogP contribution is 2.22. The lowest BCUT2D eigenvalue weighted by Crippen LogP contribution is -2.15. The van der Waals surface area contributed by atoms with Crippen molar-refractivity contribution in [2.75, 3.05) is 18.9 Å². The van der Waals surface area contributed by atoms with E-state index >= 15 is 0 Å². The van der Waals surface area contributed by atoms with Crippen molar-refractivity contribution in [3.63, 3.8) is 0 Å². The molecule has 0 spiro atoms. The van der Waals surface area contributed by atoms with E-state index in [0.717, 1.165) is 18.0 Å². The Morgan fingerprint density at radius 3 is 2.65 bits per heavy atom. The van der Waals surface area contributed by atoms with E-state index in [-0.39, 0.29) is 18.3 Å². The van der Waals surface area contributed by atoms with Gasteiger partial charge in [-0.15, -0.1) is 22.6 Å². The molecule has 0 unspecified atom stereocenters. The summed E-state index contributed by atoms with van der Waals surface area (Å²) in [6.45, 7) is 4.96. The van der Waals surface area contributed by atoms with E-state index in [1.165, 1.54) is 11.3 Å². The number of carbonyl (C=O) groups is 1. The minimum absolute atomic E-state index is 0. The van der Waals surface area contributed by atoms with Crippen molar-refractivity contribution in [1.29, 1.82) is 0 Å². The van der Waals surface area contributed by atoms with Crippen molar-refractivity contribution in [2.24, 2.45) is 0 Å². The zero-order chi connectivity index (χ0) is 12.0. The van der Waals surface area contributed by atoms with Gasteiger partial charge in [0.05, 0.1) is 0 Å². The molecule has 7 heteroatoms. The van der Waals surface area contributed by atoms with Gasteiger partial charge in [0.1, 0.15) is 5.01 Å².